The molecule has 0 spiro atoms. The molecule has 1 aliphatic rings. The summed E-state index contributed by atoms with van der Waals surface area (Å²) in [6, 6.07) is 1.70. The lowest BCUT2D eigenvalue weighted by Gasteiger charge is -2.19. The topological polar surface area (TPSA) is 67.3 Å². The summed E-state index contributed by atoms with van der Waals surface area (Å²) in [7, 11) is -4.70. The van der Waals surface area contributed by atoms with Gasteiger partial charge in [-0.2, -0.15) is 8.42 Å². The van der Waals surface area contributed by atoms with Crippen molar-refractivity contribution in [2.24, 2.45) is 0 Å². The highest BCUT2D eigenvalue weighted by molar-refractivity contribution is 9.10. The molecule has 0 N–H and O–H groups in total. The summed E-state index contributed by atoms with van der Waals surface area (Å²) in [5, 5.41) is -1.29. The molecular formula is C10H10BrFN2O3S. The minimum atomic E-state index is -4.70. The van der Waals surface area contributed by atoms with Gasteiger partial charge in [-0.15, -0.1) is 3.89 Å². The maximum Gasteiger partial charge on any atom is 0.307 e. The van der Waals surface area contributed by atoms with E-state index < -0.39 is 21.4 Å². The molecule has 98 valence electrons. The Morgan fingerprint density at radius 1 is 1.56 bits per heavy atom. The molecule has 1 fully saturated rings. The fraction of sp³-hybridized carbons (Fsp3) is 0.400. The minimum Gasteiger partial charge on any atom is -0.308 e. The molecule has 2 heterocycles. The van der Waals surface area contributed by atoms with Gasteiger partial charge in [-0.25, -0.2) is 4.98 Å². The maximum atomic E-state index is 12.9. The molecule has 8 heteroatoms. The SMILES string of the molecule is Cc1ccnc(Br)c1N1CC(S(=O)(=O)F)CC1=O. The lowest BCUT2D eigenvalue weighted by atomic mass is 10.2. The summed E-state index contributed by atoms with van der Waals surface area (Å²) in [4.78, 5) is 17.0. The largest absolute Gasteiger partial charge is 0.308 e. The van der Waals surface area contributed by atoms with E-state index in [0.717, 1.165) is 5.56 Å². The van der Waals surface area contributed by atoms with Crippen LogP contribution >= 0.6 is 15.9 Å². The molecule has 2 rings (SSSR count). The number of amides is 1. The Kier molecular flexibility index (Phi) is 3.41. The predicted octanol–water partition coefficient (Wildman–Crippen LogP) is 1.56. The number of halogens is 2. The molecule has 1 aromatic heterocycles. The fourth-order valence-electron chi connectivity index (χ4n) is 1.92. The lowest BCUT2D eigenvalue weighted by molar-refractivity contribution is -0.117. The van der Waals surface area contributed by atoms with Crippen molar-refractivity contribution in [2.45, 2.75) is 18.6 Å². The zero-order valence-electron chi connectivity index (χ0n) is 9.43. The Morgan fingerprint density at radius 3 is 2.72 bits per heavy atom. The molecule has 0 saturated carbocycles. The molecule has 1 saturated heterocycles. The van der Waals surface area contributed by atoms with Crippen molar-refractivity contribution < 1.29 is 17.1 Å². The van der Waals surface area contributed by atoms with Crippen LogP contribution in [0.5, 0.6) is 0 Å². The van der Waals surface area contributed by atoms with Gasteiger partial charge in [0.05, 0.1) is 5.69 Å². The van der Waals surface area contributed by atoms with E-state index in [1.54, 1.807) is 19.2 Å². The number of rotatable bonds is 2. The van der Waals surface area contributed by atoms with Gasteiger partial charge in [-0.3, -0.25) is 4.79 Å². The molecule has 0 bridgehead atoms. The number of aryl methyl sites for hydroxylation is 1. The van der Waals surface area contributed by atoms with Gasteiger partial charge in [0.25, 0.3) is 0 Å². The summed E-state index contributed by atoms with van der Waals surface area (Å²) >= 11 is 3.21. The molecule has 0 aliphatic carbocycles. The number of aromatic nitrogens is 1. The van der Waals surface area contributed by atoms with Crippen LogP contribution in [0.15, 0.2) is 16.9 Å². The minimum absolute atomic E-state index is 0.178. The second kappa shape index (κ2) is 4.58. The van der Waals surface area contributed by atoms with E-state index in [1.807, 2.05) is 0 Å². The first-order valence-electron chi connectivity index (χ1n) is 5.15. The molecule has 18 heavy (non-hydrogen) atoms. The van der Waals surface area contributed by atoms with Gasteiger partial charge in [0, 0.05) is 19.2 Å². The zero-order valence-corrected chi connectivity index (χ0v) is 11.8. The third-order valence-corrected chi connectivity index (χ3v) is 4.53. The van der Waals surface area contributed by atoms with Gasteiger partial charge in [0.2, 0.25) is 5.91 Å². The van der Waals surface area contributed by atoms with Gasteiger partial charge < -0.3 is 4.90 Å². The van der Waals surface area contributed by atoms with E-state index in [9.17, 15) is 17.1 Å². The molecule has 5 nitrogen and oxygen atoms in total. The number of carbonyl (C=O) groups excluding carboxylic acids is 1. The van der Waals surface area contributed by atoms with E-state index >= 15 is 0 Å². The third kappa shape index (κ3) is 2.39. The third-order valence-electron chi connectivity index (χ3n) is 2.84. The second-order valence-corrected chi connectivity index (χ2v) is 6.44. The highest BCUT2D eigenvalue weighted by atomic mass is 79.9. The molecule has 1 aromatic rings. The number of pyridine rings is 1. The highest BCUT2D eigenvalue weighted by Crippen LogP contribution is 2.32. The summed E-state index contributed by atoms with van der Waals surface area (Å²) in [6.07, 6.45) is 1.23. The molecule has 1 atom stereocenters. The predicted molar refractivity (Wildman–Crippen MR) is 67.5 cm³/mol. The average molecular weight is 337 g/mol. The van der Waals surface area contributed by atoms with Crippen LogP contribution in [0.1, 0.15) is 12.0 Å². The van der Waals surface area contributed by atoms with Gasteiger partial charge >= 0.3 is 10.2 Å². The van der Waals surface area contributed by atoms with Crippen molar-refractivity contribution in [3.8, 4) is 0 Å². The molecule has 1 aliphatic heterocycles. The number of hydrogen-bond acceptors (Lipinski definition) is 4. The van der Waals surface area contributed by atoms with E-state index in [2.05, 4.69) is 20.9 Å². The van der Waals surface area contributed by atoms with Gasteiger partial charge in [-0.05, 0) is 34.5 Å². The van der Waals surface area contributed by atoms with Crippen LogP contribution < -0.4 is 4.90 Å². The van der Waals surface area contributed by atoms with Crippen molar-refractivity contribution in [1.82, 2.24) is 4.98 Å². The van der Waals surface area contributed by atoms with Gasteiger partial charge in [0.15, 0.2) is 0 Å². The first-order chi connectivity index (χ1) is 8.30. The van der Waals surface area contributed by atoms with Crippen LogP contribution in [0.25, 0.3) is 0 Å². The normalized spacial score (nSPS) is 20.5. The number of hydrogen-bond donors (Lipinski definition) is 0. The van der Waals surface area contributed by atoms with Crippen LogP contribution in [0.3, 0.4) is 0 Å². The van der Waals surface area contributed by atoms with Crippen LogP contribution in [0, 0.1) is 6.92 Å². The van der Waals surface area contributed by atoms with Crippen molar-refractivity contribution in [3.63, 3.8) is 0 Å². The summed E-state index contributed by atoms with van der Waals surface area (Å²) in [5.74, 6) is -0.418. The second-order valence-electron chi connectivity index (χ2n) is 4.07. The first-order valence-corrected chi connectivity index (χ1v) is 7.39. The first kappa shape index (κ1) is 13.4. The fourth-order valence-corrected chi connectivity index (χ4v) is 3.23. The van der Waals surface area contributed by atoms with E-state index in [4.69, 9.17) is 0 Å². The van der Waals surface area contributed by atoms with Crippen molar-refractivity contribution in [1.29, 1.82) is 0 Å². The molecular weight excluding hydrogens is 327 g/mol. The van der Waals surface area contributed by atoms with Crippen LogP contribution in [-0.2, 0) is 15.0 Å². The Morgan fingerprint density at radius 2 is 2.22 bits per heavy atom. The van der Waals surface area contributed by atoms with E-state index in [0.29, 0.717) is 10.3 Å². The lowest BCUT2D eigenvalue weighted by Crippen LogP contribution is -2.28. The van der Waals surface area contributed by atoms with Crippen LogP contribution in [-0.4, -0.2) is 31.1 Å². The summed E-state index contributed by atoms with van der Waals surface area (Å²) in [6.45, 7) is 1.59. The Bertz CT molecular complexity index is 585. The molecule has 1 unspecified atom stereocenters. The Hall–Kier alpha value is -1.02. The maximum absolute atomic E-state index is 12.9. The van der Waals surface area contributed by atoms with Crippen LogP contribution in [0.2, 0.25) is 0 Å². The average Bonchev–Trinajstić information content (AvgIpc) is 2.60. The van der Waals surface area contributed by atoms with Crippen molar-refractivity contribution in [2.75, 3.05) is 11.4 Å². The number of carbonyl (C=O) groups is 1. The zero-order chi connectivity index (χ0) is 13.5. The number of nitrogens with zero attached hydrogens (tertiary/aromatic N) is 2. The van der Waals surface area contributed by atoms with Gasteiger partial charge in [0.1, 0.15) is 9.85 Å². The smallest absolute Gasteiger partial charge is 0.307 e. The molecule has 1 amide bonds. The quantitative estimate of drug-likeness (QED) is 0.607. The van der Waals surface area contributed by atoms with E-state index in [-0.39, 0.29) is 13.0 Å². The van der Waals surface area contributed by atoms with E-state index in [1.165, 1.54) is 4.90 Å². The summed E-state index contributed by atoms with van der Waals surface area (Å²) < 4.78 is 35.1. The number of anilines is 1. The van der Waals surface area contributed by atoms with Crippen LogP contribution in [0.4, 0.5) is 9.57 Å². The molecule has 0 radical (unpaired) electrons. The Labute approximate surface area is 112 Å². The Balaban J connectivity index is 2.39. The highest BCUT2D eigenvalue weighted by Gasteiger charge is 2.40. The van der Waals surface area contributed by atoms with Gasteiger partial charge in [-0.1, -0.05) is 0 Å². The van der Waals surface area contributed by atoms with Crippen molar-refractivity contribution >= 4 is 37.7 Å². The standard InChI is InChI=1S/C10H10BrFN2O3S/c1-6-2-3-13-10(11)9(6)14-5-7(4-8(14)15)18(12,16)17/h2-3,7H,4-5H2,1H3. The monoisotopic (exact) mass is 336 g/mol. The summed E-state index contributed by atoms with van der Waals surface area (Å²) in [5.41, 5.74) is 1.26. The molecule has 0 aromatic carbocycles. The van der Waals surface area contributed by atoms with Crippen molar-refractivity contribution in [3.05, 3.63) is 22.4 Å².